The maximum atomic E-state index is 11.2. The number of aromatic hydroxyl groups is 1. The minimum Gasteiger partial charge on any atom is -0.504 e. The van der Waals surface area contributed by atoms with Crippen LogP contribution in [0.3, 0.4) is 0 Å². The van der Waals surface area contributed by atoms with Crippen LogP contribution in [0.1, 0.15) is 64.0 Å². The fourth-order valence-corrected chi connectivity index (χ4v) is 2.10. The van der Waals surface area contributed by atoms with Crippen LogP contribution in [0.4, 0.5) is 0 Å². The minimum atomic E-state index is -0.182. The van der Waals surface area contributed by atoms with Crippen molar-refractivity contribution in [2.45, 2.75) is 66.3 Å². The molecule has 1 rings (SSSR count). The summed E-state index contributed by atoms with van der Waals surface area (Å²) < 4.78 is 9.72. The Hall–Kier alpha value is -2.08. The van der Waals surface area contributed by atoms with Crippen molar-refractivity contribution >= 4 is 12.2 Å². The Labute approximate surface area is 164 Å². The Balaban J connectivity index is 0. The summed E-state index contributed by atoms with van der Waals surface area (Å²) >= 11 is 0. The van der Waals surface area contributed by atoms with Crippen LogP contribution >= 0.6 is 0 Å². The van der Waals surface area contributed by atoms with Crippen molar-refractivity contribution in [3.8, 4) is 11.5 Å². The first-order chi connectivity index (χ1) is 13.0. The number of carbonyl (C=O) groups excluding carboxylic acids is 2. The zero-order chi connectivity index (χ0) is 21.1. The number of ether oxygens (including phenoxy) is 2. The van der Waals surface area contributed by atoms with E-state index in [1.807, 2.05) is 20.8 Å². The largest absolute Gasteiger partial charge is 0.504 e. The monoisotopic (exact) mass is 383 g/mol. The maximum absolute atomic E-state index is 11.2. The van der Waals surface area contributed by atoms with Crippen molar-refractivity contribution in [1.29, 1.82) is 0 Å². The summed E-state index contributed by atoms with van der Waals surface area (Å²) in [6.45, 7) is 8.44. The van der Waals surface area contributed by atoms with Crippen LogP contribution in [-0.2, 0) is 20.9 Å². The van der Waals surface area contributed by atoms with E-state index in [4.69, 9.17) is 9.47 Å². The lowest BCUT2D eigenvalue weighted by molar-refractivity contribution is -0.124. The van der Waals surface area contributed by atoms with E-state index in [-0.39, 0.29) is 18.3 Å². The molecule has 0 heterocycles. The van der Waals surface area contributed by atoms with Crippen molar-refractivity contribution in [1.82, 2.24) is 5.32 Å². The lowest BCUT2D eigenvalue weighted by atomic mass is 10.1. The fourth-order valence-electron chi connectivity index (χ4n) is 2.10. The number of hydrogen-bond acceptors (Lipinski definition) is 5. The van der Waals surface area contributed by atoms with Crippen molar-refractivity contribution in [2.24, 2.45) is 0 Å². The summed E-state index contributed by atoms with van der Waals surface area (Å²) in [6.07, 6.45) is 6.56. The normalized spacial score (nSPS) is 9.26. The van der Waals surface area contributed by atoms with Gasteiger partial charge in [-0.15, -0.1) is 0 Å². The molecule has 156 valence electrons. The van der Waals surface area contributed by atoms with Crippen molar-refractivity contribution in [3.63, 3.8) is 0 Å². The predicted octanol–water partition coefficient (Wildman–Crippen LogP) is 4.15. The van der Waals surface area contributed by atoms with E-state index in [0.717, 1.165) is 30.3 Å². The molecule has 0 radical (unpaired) electrons. The Morgan fingerprint density at radius 1 is 1.19 bits per heavy atom. The number of carbonyl (C=O) groups is 2. The predicted molar refractivity (Wildman–Crippen MR) is 109 cm³/mol. The van der Waals surface area contributed by atoms with E-state index >= 15 is 0 Å². The minimum absolute atomic E-state index is 0.0360. The molecule has 0 fully saturated rings. The summed E-state index contributed by atoms with van der Waals surface area (Å²) in [6, 6.07) is 3.31. The molecular weight excluding hydrogens is 346 g/mol. The second-order valence-electron chi connectivity index (χ2n) is 5.68. The molecule has 0 saturated heterocycles. The molecule has 6 heteroatoms. The molecule has 0 atom stereocenters. The van der Waals surface area contributed by atoms with Gasteiger partial charge in [-0.25, -0.2) is 0 Å². The van der Waals surface area contributed by atoms with Gasteiger partial charge in [-0.05, 0) is 36.6 Å². The molecular formula is C21H37NO5. The van der Waals surface area contributed by atoms with E-state index in [2.05, 4.69) is 12.2 Å². The van der Waals surface area contributed by atoms with Gasteiger partial charge in [0.15, 0.2) is 11.5 Å². The number of aryl methyl sites for hydroxylation is 1. The second kappa shape index (κ2) is 18.7. The van der Waals surface area contributed by atoms with Gasteiger partial charge in [0.05, 0.1) is 7.11 Å². The SMILES string of the molecule is CC.CCCCCCC=O.COCC(=O)NCc1cc(OC)c(O)cc1C. The molecule has 6 nitrogen and oxygen atoms in total. The average Bonchev–Trinajstić information content (AvgIpc) is 2.67. The average molecular weight is 384 g/mol. The van der Waals surface area contributed by atoms with E-state index in [0.29, 0.717) is 12.3 Å². The van der Waals surface area contributed by atoms with Gasteiger partial charge < -0.3 is 24.7 Å². The number of hydrogen-bond donors (Lipinski definition) is 2. The van der Waals surface area contributed by atoms with Gasteiger partial charge in [-0.1, -0.05) is 40.0 Å². The highest BCUT2D eigenvalue weighted by atomic mass is 16.5. The third kappa shape index (κ3) is 13.7. The number of rotatable bonds is 10. The van der Waals surface area contributed by atoms with Crippen LogP contribution in [0.15, 0.2) is 12.1 Å². The van der Waals surface area contributed by atoms with Gasteiger partial charge in [-0.2, -0.15) is 0 Å². The number of nitrogens with one attached hydrogen (secondary N) is 1. The quantitative estimate of drug-likeness (QED) is 0.468. The number of methoxy groups -OCH3 is 2. The summed E-state index contributed by atoms with van der Waals surface area (Å²) in [5, 5.41) is 12.3. The number of unbranched alkanes of at least 4 members (excludes halogenated alkanes) is 4. The molecule has 0 aliphatic rings. The summed E-state index contributed by atoms with van der Waals surface area (Å²) in [4.78, 5) is 21.0. The molecule has 0 aliphatic carbocycles. The molecule has 1 amide bonds. The van der Waals surface area contributed by atoms with Crippen molar-refractivity contribution < 1.29 is 24.2 Å². The fraction of sp³-hybridized carbons (Fsp3) is 0.619. The smallest absolute Gasteiger partial charge is 0.246 e. The van der Waals surface area contributed by atoms with Gasteiger partial charge in [0.1, 0.15) is 12.9 Å². The molecule has 0 unspecified atom stereocenters. The highest BCUT2D eigenvalue weighted by Gasteiger charge is 2.08. The van der Waals surface area contributed by atoms with Crippen molar-refractivity contribution in [2.75, 3.05) is 20.8 Å². The standard InChI is InChI=1S/C12H17NO4.C7H14O.C2H6/c1-8-4-10(14)11(17-3)5-9(8)6-13-12(15)7-16-2;1-2-3-4-5-6-7-8;1-2/h4-5,14H,6-7H2,1-3H3,(H,13,15);7H,2-6H2,1H3;1-2H3. The highest BCUT2D eigenvalue weighted by molar-refractivity contribution is 5.77. The third-order valence-corrected chi connectivity index (χ3v) is 3.56. The lowest BCUT2D eigenvalue weighted by Gasteiger charge is -2.11. The van der Waals surface area contributed by atoms with Crippen molar-refractivity contribution in [3.05, 3.63) is 23.3 Å². The third-order valence-electron chi connectivity index (χ3n) is 3.56. The molecule has 1 aromatic rings. The van der Waals surface area contributed by atoms with Crippen LogP contribution < -0.4 is 10.1 Å². The zero-order valence-electron chi connectivity index (χ0n) is 17.8. The zero-order valence-corrected chi connectivity index (χ0v) is 17.8. The summed E-state index contributed by atoms with van der Waals surface area (Å²) in [7, 11) is 2.95. The molecule has 1 aromatic carbocycles. The van der Waals surface area contributed by atoms with E-state index < -0.39 is 0 Å². The maximum Gasteiger partial charge on any atom is 0.246 e. The van der Waals surface area contributed by atoms with E-state index in [1.165, 1.54) is 33.5 Å². The molecule has 2 N–H and O–H groups in total. The number of amides is 1. The first kappa shape index (κ1) is 27.1. The van der Waals surface area contributed by atoms with E-state index in [1.54, 1.807) is 12.1 Å². The number of phenols is 1. The lowest BCUT2D eigenvalue weighted by Crippen LogP contribution is -2.26. The van der Waals surface area contributed by atoms with Gasteiger partial charge in [-0.3, -0.25) is 4.79 Å². The molecule has 0 saturated carbocycles. The van der Waals surface area contributed by atoms with Gasteiger partial charge >= 0.3 is 0 Å². The van der Waals surface area contributed by atoms with Crippen LogP contribution in [0.2, 0.25) is 0 Å². The molecule has 0 bridgehead atoms. The Kier molecular flexibility index (Phi) is 18.8. The van der Waals surface area contributed by atoms with Crippen LogP contribution in [0.5, 0.6) is 11.5 Å². The first-order valence-corrected chi connectivity index (χ1v) is 9.55. The Morgan fingerprint density at radius 3 is 2.37 bits per heavy atom. The van der Waals surface area contributed by atoms with E-state index in [9.17, 15) is 14.7 Å². The van der Waals surface area contributed by atoms with Crippen LogP contribution in [-0.4, -0.2) is 38.1 Å². The van der Waals surface area contributed by atoms with Crippen LogP contribution in [0, 0.1) is 6.92 Å². The number of aldehydes is 1. The molecule has 27 heavy (non-hydrogen) atoms. The topological polar surface area (TPSA) is 84.9 Å². The van der Waals surface area contributed by atoms with Crippen LogP contribution in [0.25, 0.3) is 0 Å². The molecule has 0 spiro atoms. The second-order valence-corrected chi connectivity index (χ2v) is 5.68. The highest BCUT2D eigenvalue weighted by Crippen LogP contribution is 2.28. The van der Waals surface area contributed by atoms with Gasteiger partial charge in [0.2, 0.25) is 5.91 Å². The Morgan fingerprint density at radius 2 is 1.85 bits per heavy atom. The molecule has 0 aromatic heterocycles. The van der Waals surface area contributed by atoms with Gasteiger partial charge in [0.25, 0.3) is 0 Å². The first-order valence-electron chi connectivity index (χ1n) is 9.55. The Bertz CT molecular complexity index is 518. The summed E-state index contributed by atoms with van der Waals surface area (Å²) in [5.74, 6) is 0.308. The van der Waals surface area contributed by atoms with Gasteiger partial charge in [0, 0.05) is 20.1 Å². The molecule has 0 aliphatic heterocycles. The number of phenolic OH excluding ortho intramolecular Hbond substituents is 1. The summed E-state index contributed by atoms with van der Waals surface area (Å²) in [5.41, 5.74) is 1.78. The number of benzene rings is 1.